The highest BCUT2D eigenvalue weighted by atomic mass is 16.5. The SMILES string of the molecule is COc1ccccc1C(=O)N/N=c1\oc2c(OC)cccc2cc1-c1nc2ccccc2[nH]1. The highest BCUT2D eigenvalue weighted by molar-refractivity contribution is 5.96. The molecule has 33 heavy (non-hydrogen) atoms. The number of hydrogen-bond donors (Lipinski definition) is 2. The lowest BCUT2D eigenvalue weighted by Crippen LogP contribution is -2.22. The molecule has 0 aliphatic heterocycles. The van der Waals surface area contributed by atoms with Crippen molar-refractivity contribution in [2.75, 3.05) is 14.2 Å². The first-order chi connectivity index (χ1) is 16.2. The van der Waals surface area contributed by atoms with Crippen molar-refractivity contribution in [3.05, 3.63) is 83.9 Å². The lowest BCUT2D eigenvalue weighted by Gasteiger charge is -2.08. The summed E-state index contributed by atoms with van der Waals surface area (Å²) in [5, 5.41) is 5.10. The maximum Gasteiger partial charge on any atom is 0.275 e. The number of aromatic nitrogens is 2. The second kappa shape index (κ2) is 8.51. The van der Waals surface area contributed by atoms with Crippen molar-refractivity contribution in [2.24, 2.45) is 5.10 Å². The molecule has 164 valence electrons. The molecule has 2 N–H and O–H groups in total. The van der Waals surface area contributed by atoms with Crippen LogP contribution in [0.2, 0.25) is 0 Å². The highest BCUT2D eigenvalue weighted by Crippen LogP contribution is 2.27. The second-order valence-electron chi connectivity index (χ2n) is 7.20. The minimum Gasteiger partial charge on any atom is -0.496 e. The highest BCUT2D eigenvalue weighted by Gasteiger charge is 2.15. The third-order valence-corrected chi connectivity index (χ3v) is 5.21. The van der Waals surface area contributed by atoms with Gasteiger partial charge in [0.2, 0.25) is 5.55 Å². The first-order valence-electron chi connectivity index (χ1n) is 10.2. The molecule has 5 aromatic rings. The number of fused-ring (bicyclic) bond motifs is 2. The molecule has 8 nitrogen and oxygen atoms in total. The molecule has 0 saturated heterocycles. The summed E-state index contributed by atoms with van der Waals surface area (Å²) in [6.07, 6.45) is 0. The molecule has 0 aliphatic rings. The standard InChI is InChI=1S/C25H20N4O4/c1-31-20-12-6-3-9-16(20)24(30)28-29-25-17(23-26-18-10-4-5-11-19(18)27-23)14-15-8-7-13-21(32-2)22(15)33-25/h3-14H,1-2H3,(H,26,27)(H,28,30)/b29-25-. The van der Waals surface area contributed by atoms with E-state index in [9.17, 15) is 4.79 Å². The van der Waals surface area contributed by atoms with Crippen molar-refractivity contribution in [3.8, 4) is 22.9 Å². The zero-order valence-corrected chi connectivity index (χ0v) is 18.0. The molecule has 0 bridgehead atoms. The number of rotatable bonds is 5. The van der Waals surface area contributed by atoms with Gasteiger partial charge in [0.25, 0.3) is 5.91 Å². The second-order valence-corrected chi connectivity index (χ2v) is 7.20. The van der Waals surface area contributed by atoms with E-state index in [1.54, 1.807) is 37.4 Å². The van der Waals surface area contributed by atoms with Crippen LogP contribution < -0.4 is 20.5 Å². The van der Waals surface area contributed by atoms with Crippen LogP contribution in [0.25, 0.3) is 33.4 Å². The quantitative estimate of drug-likeness (QED) is 0.398. The van der Waals surface area contributed by atoms with Crippen LogP contribution in [-0.2, 0) is 0 Å². The van der Waals surface area contributed by atoms with E-state index in [0.717, 1.165) is 16.4 Å². The van der Waals surface area contributed by atoms with E-state index in [0.29, 0.717) is 34.0 Å². The predicted molar refractivity (Wildman–Crippen MR) is 124 cm³/mol. The maximum absolute atomic E-state index is 12.8. The fourth-order valence-corrected chi connectivity index (χ4v) is 3.61. The summed E-state index contributed by atoms with van der Waals surface area (Å²) in [4.78, 5) is 20.8. The van der Waals surface area contributed by atoms with E-state index in [2.05, 4.69) is 20.5 Å². The van der Waals surface area contributed by atoms with Crippen LogP contribution in [0.5, 0.6) is 11.5 Å². The number of para-hydroxylation sites is 4. The Kier molecular flexibility index (Phi) is 5.24. The molecule has 0 atom stereocenters. The number of nitrogens with one attached hydrogen (secondary N) is 2. The Morgan fingerprint density at radius 2 is 1.73 bits per heavy atom. The fraction of sp³-hybridized carbons (Fsp3) is 0.0800. The van der Waals surface area contributed by atoms with E-state index in [1.807, 2.05) is 42.5 Å². The topological polar surface area (TPSA) is 102 Å². The van der Waals surface area contributed by atoms with Crippen LogP contribution in [-0.4, -0.2) is 30.1 Å². The van der Waals surface area contributed by atoms with Gasteiger partial charge in [-0.1, -0.05) is 36.4 Å². The van der Waals surface area contributed by atoms with E-state index >= 15 is 0 Å². The summed E-state index contributed by atoms with van der Waals surface area (Å²) >= 11 is 0. The van der Waals surface area contributed by atoms with Crippen LogP contribution in [0, 0.1) is 0 Å². The first-order valence-corrected chi connectivity index (χ1v) is 10.2. The number of imidazole rings is 1. The number of nitrogens with zero attached hydrogens (tertiary/aromatic N) is 2. The van der Waals surface area contributed by atoms with Gasteiger partial charge in [-0.05, 0) is 36.4 Å². The van der Waals surface area contributed by atoms with Crippen molar-refractivity contribution in [1.82, 2.24) is 15.4 Å². The monoisotopic (exact) mass is 440 g/mol. The molecule has 0 aliphatic carbocycles. The summed E-state index contributed by atoms with van der Waals surface area (Å²) in [6, 6.07) is 22.1. The molecule has 0 saturated carbocycles. The molecule has 5 rings (SSSR count). The number of benzene rings is 3. The normalized spacial score (nSPS) is 11.6. The average molecular weight is 440 g/mol. The number of hydrogen-bond acceptors (Lipinski definition) is 6. The van der Waals surface area contributed by atoms with Gasteiger partial charge in [0.15, 0.2) is 11.3 Å². The number of methoxy groups -OCH3 is 2. The molecule has 2 aromatic heterocycles. The Balaban J connectivity index is 1.66. The van der Waals surface area contributed by atoms with Gasteiger partial charge in [-0.3, -0.25) is 4.79 Å². The van der Waals surface area contributed by atoms with Crippen LogP contribution in [0.3, 0.4) is 0 Å². The summed E-state index contributed by atoms with van der Waals surface area (Å²) in [5.41, 5.74) is 5.87. The van der Waals surface area contributed by atoms with Crippen molar-refractivity contribution in [3.63, 3.8) is 0 Å². The molecule has 1 amide bonds. The first kappa shape index (κ1) is 20.3. The van der Waals surface area contributed by atoms with Crippen LogP contribution in [0.1, 0.15) is 10.4 Å². The van der Waals surface area contributed by atoms with Gasteiger partial charge in [-0.2, -0.15) is 0 Å². The molecular formula is C25H20N4O4. The number of carbonyl (C=O) groups is 1. The van der Waals surface area contributed by atoms with Gasteiger partial charge in [-0.25, -0.2) is 10.4 Å². The number of amides is 1. The van der Waals surface area contributed by atoms with Crippen molar-refractivity contribution < 1.29 is 18.7 Å². The number of aromatic amines is 1. The smallest absolute Gasteiger partial charge is 0.275 e. The van der Waals surface area contributed by atoms with E-state index in [4.69, 9.17) is 13.9 Å². The zero-order valence-electron chi connectivity index (χ0n) is 18.0. The van der Waals surface area contributed by atoms with Crippen LogP contribution in [0.4, 0.5) is 0 Å². The van der Waals surface area contributed by atoms with Gasteiger partial charge < -0.3 is 18.9 Å². The Labute approximate surface area is 188 Å². The Morgan fingerprint density at radius 3 is 2.55 bits per heavy atom. The van der Waals surface area contributed by atoms with Gasteiger partial charge in [-0.15, -0.1) is 5.10 Å². The summed E-state index contributed by atoms with van der Waals surface area (Å²) in [7, 11) is 3.08. The predicted octanol–water partition coefficient (Wildman–Crippen LogP) is 4.24. The van der Waals surface area contributed by atoms with Gasteiger partial charge in [0, 0.05) is 5.39 Å². The summed E-state index contributed by atoms with van der Waals surface area (Å²) in [5.74, 6) is 1.13. The van der Waals surface area contributed by atoms with Crippen LogP contribution >= 0.6 is 0 Å². The summed E-state index contributed by atoms with van der Waals surface area (Å²) in [6.45, 7) is 0. The van der Waals surface area contributed by atoms with Crippen LogP contribution in [0.15, 0.2) is 82.3 Å². The lowest BCUT2D eigenvalue weighted by atomic mass is 10.1. The third-order valence-electron chi connectivity index (χ3n) is 5.21. The zero-order chi connectivity index (χ0) is 22.8. The third kappa shape index (κ3) is 3.78. The molecule has 0 unspecified atom stereocenters. The van der Waals surface area contributed by atoms with Gasteiger partial charge in [0.05, 0.1) is 36.4 Å². The molecule has 0 radical (unpaired) electrons. The largest absolute Gasteiger partial charge is 0.496 e. The Hall–Kier alpha value is -4.59. The lowest BCUT2D eigenvalue weighted by molar-refractivity contribution is 0.0948. The van der Waals surface area contributed by atoms with Crippen molar-refractivity contribution in [1.29, 1.82) is 0 Å². The molecule has 3 aromatic carbocycles. The Bertz CT molecular complexity index is 1520. The number of carbonyl (C=O) groups excluding carboxylic acids is 1. The minimum absolute atomic E-state index is 0.175. The van der Waals surface area contributed by atoms with Gasteiger partial charge in [0.1, 0.15) is 11.6 Å². The van der Waals surface area contributed by atoms with Crippen molar-refractivity contribution >= 4 is 27.9 Å². The Morgan fingerprint density at radius 1 is 0.970 bits per heavy atom. The molecule has 0 fully saturated rings. The van der Waals surface area contributed by atoms with E-state index < -0.39 is 5.91 Å². The minimum atomic E-state index is -0.432. The van der Waals surface area contributed by atoms with E-state index in [1.165, 1.54) is 7.11 Å². The number of H-pyrrole nitrogens is 1. The molecule has 0 spiro atoms. The average Bonchev–Trinajstić information content (AvgIpc) is 3.30. The maximum atomic E-state index is 12.8. The molecular weight excluding hydrogens is 420 g/mol. The molecule has 2 heterocycles. The fourth-order valence-electron chi connectivity index (χ4n) is 3.61. The number of ether oxygens (including phenoxy) is 2. The van der Waals surface area contributed by atoms with Crippen molar-refractivity contribution in [2.45, 2.75) is 0 Å². The molecule has 8 heteroatoms. The van der Waals surface area contributed by atoms with Gasteiger partial charge >= 0.3 is 0 Å². The summed E-state index contributed by atoms with van der Waals surface area (Å²) < 4.78 is 16.8. The van der Waals surface area contributed by atoms with E-state index in [-0.39, 0.29) is 5.55 Å².